The predicted octanol–water partition coefficient (Wildman–Crippen LogP) is 10.8. The van der Waals surface area contributed by atoms with Crippen LogP contribution in [0, 0.1) is 0 Å². The molecule has 0 aliphatic rings. The summed E-state index contributed by atoms with van der Waals surface area (Å²) in [7, 11) is 0. The van der Waals surface area contributed by atoms with Gasteiger partial charge in [-0.25, -0.2) is 0 Å². The molecule has 0 bridgehead atoms. The molecule has 0 radical (unpaired) electrons. The highest BCUT2D eigenvalue weighted by Crippen LogP contribution is 2.35. The van der Waals surface area contributed by atoms with Gasteiger partial charge in [-0.15, -0.1) is 0 Å². The van der Waals surface area contributed by atoms with Gasteiger partial charge in [-0.1, -0.05) is 152 Å². The lowest BCUT2D eigenvalue weighted by molar-refractivity contribution is 0.467. The molecular formula is C45H35N3. The number of benzene rings is 8. The first-order valence-corrected chi connectivity index (χ1v) is 16.4. The molecule has 3 nitrogen and oxygen atoms in total. The highest BCUT2D eigenvalue weighted by molar-refractivity contribution is 6.20. The van der Waals surface area contributed by atoms with Crippen molar-refractivity contribution in [1.82, 2.24) is 5.32 Å². The lowest BCUT2D eigenvalue weighted by Gasteiger charge is -2.23. The van der Waals surface area contributed by atoms with E-state index in [9.17, 15) is 0 Å². The molecule has 230 valence electrons. The molecular weight excluding hydrogens is 583 g/mol. The summed E-state index contributed by atoms with van der Waals surface area (Å²) in [5, 5.41) is 10.9. The smallest absolute Gasteiger partial charge is 0.127 e. The lowest BCUT2D eigenvalue weighted by atomic mass is 9.93. The minimum absolute atomic E-state index is 0.429. The topological polar surface area (TPSA) is 50.4 Å². The molecule has 0 saturated heterocycles. The molecule has 0 saturated carbocycles. The minimum atomic E-state index is -0.430. The molecule has 2 atom stereocenters. The van der Waals surface area contributed by atoms with Crippen LogP contribution in [0.2, 0.25) is 0 Å². The van der Waals surface area contributed by atoms with Gasteiger partial charge in [-0.2, -0.15) is 0 Å². The first kappa shape index (κ1) is 29.5. The summed E-state index contributed by atoms with van der Waals surface area (Å²) in [6, 6.07) is 61.8. The summed E-state index contributed by atoms with van der Waals surface area (Å²) in [5.41, 5.74) is 14.6. The third-order valence-corrected chi connectivity index (χ3v) is 9.15. The van der Waals surface area contributed by atoms with Crippen LogP contribution in [0.1, 0.15) is 29.0 Å². The SMILES string of the molecule is NC(NC(/N=C/c1c2ccccc2cc2c1ccc1ccccc12)c1cc(-c2ccccc2)cc(-c2ccccc2)c1)c1ccccc1. The van der Waals surface area contributed by atoms with Crippen LogP contribution in [-0.4, -0.2) is 6.21 Å². The van der Waals surface area contributed by atoms with E-state index in [2.05, 4.69) is 163 Å². The first-order valence-electron chi connectivity index (χ1n) is 16.4. The molecule has 8 rings (SSSR count). The van der Waals surface area contributed by atoms with Crippen molar-refractivity contribution in [1.29, 1.82) is 0 Å². The average Bonchev–Trinajstić information content (AvgIpc) is 3.16. The van der Waals surface area contributed by atoms with Crippen LogP contribution in [-0.2, 0) is 0 Å². The van der Waals surface area contributed by atoms with Crippen molar-refractivity contribution in [3.05, 3.63) is 193 Å². The van der Waals surface area contributed by atoms with E-state index in [4.69, 9.17) is 10.7 Å². The number of hydrogen-bond donors (Lipinski definition) is 2. The number of fused-ring (bicyclic) bond motifs is 4. The maximum absolute atomic E-state index is 6.86. The molecule has 3 N–H and O–H groups in total. The number of rotatable bonds is 8. The molecule has 0 fully saturated rings. The molecule has 0 amide bonds. The molecule has 48 heavy (non-hydrogen) atoms. The van der Waals surface area contributed by atoms with Gasteiger partial charge in [0.15, 0.2) is 0 Å². The largest absolute Gasteiger partial charge is 0.312 e. The molecule has 0 spiro atoms. The third-order valence-electron chi connectivity index (χ3n) is 9.15. The molecule has 0 heterocycles. The first-order chi connectivity index (χ1) is 23.7. The van der Waals surface area contributed by atoms with Gasteiger partial charge in [0.05, 0.1) is 6.17 Å². The Morgan fingerprint density at radius 1 is 0.438 bits per heavy atom. The van der Waals surface area contributed by atoms with Crippen molar-refractivity contribution < 1.29 is 0 Å². The van der Waals surface area contributed by atoms with Gasteiger partial charge >= 0.3 is 0 Å². The summed E-state index contributed by atoms with van der Waals surface area (Å²) >= 11 is 0. The van der Waals surface area contributed by atoms with Crippen LogP contribution in [0.5, 0.6) is 0 Å². The van der Waals surface area contributed by atoms with Crippen LogP contribution >= 0.6 is 0 Å². The summed E-state index contributed by atoms with van der Waals surface area (Å²) < 4.78 is 0. The standard InChI is InChI=1S/C45H35N3/c46-44(34-19-8-3-9-20-34)48-45(38-27-36(31-14-4-1-5-15-31)26-37(28-38)32-16-6-2-7-17-32)47-30-43-40-23-13-11-21-35(40)29-42-39-22-12-10-18-33(39)24-25-41(42)43/h1-30,44-45,48H,46H2/b47-30+. The van der Waals surface area contributed by atoms with E-state index in [1.807, 2.05) is 24.4 Å². The van der Waals surface area contributed by atoms with E-state index in [0.29, 0.717) is 0 Å². The van der Waals surface area contributed by atoms with Crippen molar-refractivity contribution >= 4 is 38.5 Å². The van der Waals surface area contributed by atoms with Gasteiger partial charge in [0.2, 0.25) is 0 Å². The van der Waals surface area contributed by atoms with E-state index in [-0.39, 0.29) is 0 Å². The van der Waals surface area contributed by atoms with E-state index in [1.165, 1.54) is 26.9 Å². The van der Waals surface area contributed by atoms with Gasteiger partial charge in [-0.05, 0) is 90.0 Å². The van der Waals surface area contributed by atoms with Crippen LogP contribution in [0.15, 0.2) is 181 Å². The van der Waals surface area contributed by atoms with Gasteiger partial charge in [0.25, 0.3) is 0 Å². The average molecular weight is 618 g/mol. The highest BCUT2D eigenvalue weighted by Gasteiger charge is 2.18. The van der Waals surface area contributed by atoms with Crippen LogP contribution < -0.4 is 11.1 Å². The lowest BCUT2D eigenvalue weighted by Crippen LogP contribution is -2.31. The third kappa shape index (κ3) is 5.89. The van der Waals surface area contributed by atoms with E-state index in [0.717, 1.165) is 44.3 Å². The van der Waals surface area contributed by atoms with Crippen molar-refractivity contribution in [2.45, 2.75) is 12.3 Å². The molecule has 0 aliphatic heterocycles. The molecule has 0 aliphatic carbocycles. The second-order valence-electron chi connectivity index (χ2n) is 12.2. The summed E-state index contributed by atoms with van der Waals surface area (Å²) in [5.74, 6) is 0. The number of aliphatic imine (C=N–C) groups is 1. The Bertz CT molecular complexity index is 2320. The van der Waals surface area contributed by atoms with Crippen LogP contribution in [0.3, 0.4) is 0 Å². The van der Waals surface area contributed by atoms with Crippen molar-refractivity contribution in [3.63, 3.8) is 0 Å². The maximum atomic E-state index is 6.86. The Labute approximate surface area is 281 Å². The van der Waals surface area contributed by atoms with E-state index in [1.54, 1.807) is 0 Å². The monoisotopic (exact) mass is 617 g/mol. The quantitative estimate of drug-likeness (QED) is 0.0771. The molecule has 0 aromatic heterocycles. The summed E-state index contributed by atoms with van der Waals surface area (Å²) in [6.45, 7) is 0. The van der Waals surface area contributed by atoms with Crippen molar-refractivity contribution in [3.8, 4) is 22.3 Å². The highest BCUT2D eigenvalue weighted by atomic mass is 15.1. The zero-order valence-corrected chi connectivity index (χ0v) is 26.5. The molecule has 8 aromatic rings. The zero-order valence-electron chi connectivity index (χ0n) is 26.5. The Hall–Kier alpha value is -5.87. The van der Waals surface area contributed by atoms with Crippen molar-refractivity contribution in [2.75, 3.05) is 0 Å². The van der Waals surface area contributed by atoms with Crippen LogP contribution in [0.25, 0.3) is 54.6 Å². The molecule has 8 aromatic carbocycles. The fourth-order valence-corrected chi connectivity index (χ4v) is 6.70. The normalized spacial score (nSPS) is 12.9. The Morgan fingerprint density at radius 3 is 1.67 bits per heavy atom. The van der Waals surface area contributed by atoms with E-state index < -0.39 is 12.3 Å². The maximum Gasteiger partial charge on any atom is 0.127 e. The number of nitrogens with zero attached hydrogens (tertiary/aromatic N) is 1. The summed E-state index contributed by atoms with van der Waals surface area (Å²) in [6.07, 6.45) is 1.19. The predicted molar refractivity (Wildman–Crippen MR) is 203 cm³/mol. The van der Waals surface area contributed by atoms with Crippen LogP contribution in [0.4, 0.5) is 0 Å². The number of nitrogens with two attached hydrogens (primary N) is 1. The second kappa shape index (κ2) is 13.1. The molecule has 2 unspecified atom stereocenters. The van der Waals surface area contributed by atoms with Gasteiger partial charge in [0, 0.05) is 11.8 Å². The Balaban J connectivity index is 1.32. The number of nitrogens with one attached hydrogen (secondary N) is 1. The van der Waals surface area contributed by atoms with Gasteiger partial charge in [-0.3, -0.25) is 10.3 Å². The fourth-order valence-electron chi connectivity index (χ4n) is 6.70. The number of hydrogen-bond acceptors (Lipinski definition) is 3. The van der Waals surface area contributed by atoms with Crippen molar-refractivity contribution in [2.24, 2.45) is 10.7 Å². The fraction of sp³-hybridized carbons (Fsp3) is 0.0444. The Kier molecular flexibility index (Phi) is 8.05. The van der Waals surface area contributed by atoms with E-state index >= 15 is 0 Å². The minimum Gasteiger partial charge on any atom is -0.312 e. The van der Waals surface area contributed by atoms with Gasteiger partial charge < -0.3 is 5.73 Å². The van der Waals surface area contributed by atoms with Gasteiger partial charge in [0.1, 0.15) is 6.17 Å². The Morgan fingerprint density at radius 2 is 1.00 bits per heavy atom. The summed E-state index contributed by atoms with van der Waals surface area (Å²) in [4.78, 5) is 5.36. The second-order valence-corrected chi connectivity index (χ2v) is 12.2. The zero-order chi connectivity index (χ0) is 32.3. The molecule has 3 heteroatoms.